The molecule has 7 heteroatoms. The summed E-state index contributed by atoms with van der Waals surface area (Å²) in [4.78, 5) is 31.2. The van der Waals surface area contributed by atoms with Crippen LogP contribution in [0.2, 0.25) is 0 Å². The van der Waals surface area contributed by atoms with Gasteiger partial charge < -0.3 is 14.2 Å². The molecule has 0 radical (unpaired) electrons. The van der Waals surface area contributed by atoms with Crippen LogP contribution in [-0.4, -0.2) is 39.4 Å². The Bertz CT molecular complexity index is 992. The van der Waals surface area contributed by atoms with Crippen LogP contribution in [0.3, 0.4) is 0 Å². The lowest BCUT2D eigenvalue weighted by Crippen LogP contribution is -2.42. The lowest BCUT2D eigenvalue weighted by Gasteiger charge is -2.34. The number of carbonyl (C=O) groups is 2. The Morgan fingerprint density at radius 1 is 1.19 bits per heavy atom. The van der Waals surface area contributed by atoms with Gasteiger partial charge in [0.2, 0.25) is 6.10 Å². The summed E-state index contributed by atoms with van der Waals surface area (Å²) in [5, 5.41) is 4.29. The number of thiophene rings is 1. The van der Waals surface area contributed by atoms with E-state index in [4.69, 9.17) is 4.74 Å². The zero-order valence-corrected chi connectivity index (χ0v) is 18.5. The summed E-state index contributed by atoms with van der Waals surface area (Å²) < 4.78 is 7.63. The highest BCUT2D eigenvalue weighted by molar-refractivity contribution is 7.07. The van der Waals surface area contributed by atoms with Crippen molar-refractivity contribution in [1.29, 1.82) is 0 Å². The van der Waals surface area contributed by atoms with Crippen molar-refractivity contribution >= 4 is 23.2 Å². The van der Waals surface area contributed by atoms with E-state index in [-0.39, 0.29) is 5.91 Å². The number of aromatic nitrogens is 2. The smallest absolute Gasteiger partial charge is 0.303 e. The molecule has 1 fully saturated rings. The fraction of sp³-hybridized carbons (Fsp3) is 0.375. The third kappa shape index (κ3) is 5.22. The van der Waals surface area contributed by atoms with Gasteiger partial charge in [0, 0.05) is 50.4 Å². The van der Waals surface area contributed by atoms with Crippen molar-refractivity contribution in [3.8, 4) is 0 Å². The summed E-state index contributed by atoms with van der Waals surface area (Å²) in [5.74, 6) is 0.817. The van der Waals surface area contributed by atoms with Crippen molar-refractivity contribution in [3.05, 3.63) is 76.5 Å². The Labute approximate surface area is 186 Å². The molecule has 0 N–H and O–H groups in total. The second-order valence-electron chi connectivity index (χ2n) is 7.86. The molecular weight excluding hydrogens is 410 g/mol. The van der Waals surface area contributed by atoms with Gasteiger partial charge in [0.05, 0.1) is 0 Å². The Hall–Kier alpha value is -2.93. The van der Waals surface area contributed by atoms with Crippen molar-refractivity contribution in [3.63, 3.8) is 0 Å². The van der Waals surface area contributed by atoms with Gasteiger partial charge in [0.1, 0.15) is 5.82 Å². The first kappa shape index (κ1) is 21.3. The molecule has 1 aromatic carbocycles. The van der Waals surface area contributed by atoms with Crippen LogP contribution in [0.25, 0.3) is 0 Å². The summed E-state index contributed by atoms with van der Waals surface area (Å²) in [6.07, 6.45) is 5.72. The molecule has 0 bridgehead atoms. The number of carbonyl (C=O) groups excluding carboxylic acids is 2. The number of aryl methyl sites for hydroxylation is 2. The topological polar surface area (TPSA) is 64.4 Å². The van der Waals surface area contributed by atoms with E-state index in [2.05, 4.69) is 26.4 Å². The number of rotatable bonds is 7. The van der Waals surface area contributed by atoms with Crippen molar-refractivity contribution in [1.82, 2.24) is 14.5 Å². The molecule has 162 valence electrons. The van der Waals surface area contributed by atoms with Crippen LogP contribution in [0.15, 0.2) is 59.6 Å². The number of esters is 1. The molecule has 1 aliphatic heterocycles. The molecule has 4 rings (SSSR count). The molecule has 1 atom stereocenters. The van der Waals surface area contributed by atoms with E-state index in [1.54, 1.807) is 11.3 Å². The number of imidazole rings is 1. The van der Waals surface area contributed by atoms with Gasteiger partial charge in [-0.05, 0) is 41.7 Å². The normalized spacial score (nSPS) is 15.6. The fourth-order valence-corrected chi connectivity index (χ4v) is 4.84. The van der Waals surface area contributed by atoms with E-state index in [0.29, 0.717) is 24.6 Å². The molecule has 31 heavy (non-hydrogen) atoms. The largest absolute Gasteiger partial charge is 0.447 e. The minimum Gasteiger partial charge on any atom is -0.447 e. The number of likely N-dealkylation sites (tertiary alicyclic amines) is 1. The van der Waals surface area contributed by atoms with E-state index < -0.39 is 12.1 Å². The Morgan fingerprint density at radius 2 is 1.97 bits per heavy atom. The third-order valence-corrected chi connectivity index (χ3v) is 6.48. The quantitative estimate of drug-likeness (QED) is 0.520. The van der Waals surface area contributed by atoms with Gasteiger partial charge in [-0.2, -0.15) is 11.3 Å². The maximum absolute atomic E-state index is 13.2. The predicted molar refractivity (Wildman–Crippen MR) is 120 cm³/mol. The Kier molecular flexibility index (Phi) is 6.82. The highest BCUT2D eigenvalue weighted by Crippen LogP contribution is 2.30. The van der Waals surface area contributed by atoms with Gasteiger partial charge >= 0.3 is 5.97 Å². The maximum atomic E-state index is 13.2. The maximum Gasteiger partial charge on any atom is 0.303 e. The standard InChI is InChI=1S/C24H27N3O3S/c1-18(28)30-22(20-5-3-2-4-6-20)24(29)27-13-8-21(9-14-27)23-25-11-15-26(23)12-7-19-10-16-31-17-19/h2-6,10-11,15-17,21-22H,7-9,12-14H2,1H3. The fourth-order valence-electron chi connectivity index (χ4n) is 4.13. The molecule has 0 saturated carbocycles. The first-order valence-electron chi connectivity index (χ1n) is 10.6. The van der Waals surface area contributed by atoms with E-state index in [1.165, 1.54) is 12.5 Å². The van der Waals surface area contributed by atoms with Crippen LogP contribution in [0.5, 0.6) is 0 Å². The first-order valence-corrected chi connectivity index (χ1v) is 11.6. The number of amides is 1. The van der Waals surface area contributed by atoms with E-state index in [1.807, 2.05) is 47.6 Å². The van der Waals surface area contributed by atoms with Gasteiger partial charge in [-0.1, -0.05) is 30.3 Å². The summed E-state index contributed by atoms with van der Waals surface area (Å²) in [5.41, 5.74) is 2.05. The van der Waals surface area contributed by atoms with Gasteiger partial charge in [-0.15, -0.1) is 0 Å². The second kappa shape index (κ2) is 9.92. The summed E-state index contributed by atoms with van der Waals surface area (Å²) in [6, 6.07) is 11.4. The lowest BCUT2D eigenvalue weighted by molar-refractivity contribution is -0.159. The minimum absolute atomic E-state index is 0.152. The molecule has 1 aliphatic rings. The Morgan fingerprint density at radius 3 is 2.65 bits per heavy atom. The highest BCUT2D eigenvalue weighted by Gasteiger charge is 2.32. The van der Waals surface area contributed by atoms with Crippen molar-refractivity contribution < 1.29 is 14.3 Å². The van der Waals surface area contributed by atoms with E-state index >= 15 is 0 Å². The highest BCUT2D eigenvalue weighted by atomic mass is 32.1. The Balaban J connectivity index is 1.38. The monoisotopic (exact) mass is 437 g/mol. The summed E-state index contributed by atoms with van der Waals surface area (Å²) in [6.45, 7) is 3.51. The third-order valence-electron chi connectivity index (χ3n) is 5.75. The summed E-state index contributed by atoms with van der Waals surface area (Å²) in [7, 11) is 0. The number of hydrogen-bond donors (Lipinski definition) is 0. The van der Waals surface area contributed by atoms with Crippen molar-refractivity contribution in [2.45, 2.75) is 44.8 Å². The van der Waals surface area contributed by atoms with Gasteiger partial charge in [0.15, 0.2) is 0 Å². The molecule has 6 nitrogen and oxygen atoms in total. The van der Waals surface area contributed by atoms with Crippen molar-refractivity contribution in [2.24, 2.45) is 0 Å². The van der Waals surface area contributed by atoms with Crippen LogP contribution in [-0.2, 0) is 27.3 Å². The van der Waals surface area contributed by atoms with Crippen LogP contribution < -0.4 is 0 Å². The second-order valence-corrected chi connectivity index (χ2v) is 8.64. The molecule has 1 unspecified atom stereocenters. The van der Waals surface area contributed by atoms with E-state index in [0.717, 1.165) is 31.6 Å². The minimum atomic E-state index is -0.886. The average molecular weight is 438 g/mol. The molecule has 2 aromatic heterocycles. The lowest BCUT2D eigenvalue weighted by atomic mass is 9.95. The van der Waals surface area contributed by atoms with Gasteiger partial charge in [0.25, 0.3) is 5.91 Å². The number of benzene rings is 1. The molecule has 3 aromatic rings. The molecular formula is C24H27N3O3S. The van der Waals surface area contributed by atoms with Crippen LogP contribution in [0.1, 0.15) is 48.7 Å². The van der Waals surface area contributed by atoms with Gasteiger partial charge in [-0.25, -0.2) is 4.98 Å². The SMILES string of the molecule is CC(=O)OC(C(=O)N1CCC(c2nccn2CCc2ccsc2)CC1)c1ccccc1. The number of nitrogens with zero attached hydrogens (tertiary/aromatic N) is 3. The predicted octanol–water partition coefficient (Wildman–Crippen LogP) is 4.20. The number of piperidine rings is 1. The van der Waals surface area contributed by atoms with Crippen molar-refractivity contribution in [2.75, 3.05) is 13.1 Å². The zero-order valence-electron chi connectivity index (χ0n) is 17.6. The number of ether oxygens (including phenoxy) is 1. The molecule has 1 amide bonds. The molecule has 0 aliphatic carbocycles. The molecule has 0 spiro atoms. The molecule has 3 heterocycles. The van der Waals surface area contributed by atoms with Crippen LogP contribution in [0, 0.1) is 0 Å². The first-order chi connectivity index (χ1) is 15.1. The van der Waals surface area contributed by atoms with Crippen LogP contribution >= 0.6 is 11.3 Å². The van der Waals surface area contributed by atoms with Crippen LogP contribution in [0.4, 0.5) is 0 Å². The zero-order chi connectivity index (χ0) is 21.6. The summed E-state index contributed by atoms with van der Waals surface area (Å²) >= 11 is 1.72. The van der Waals surface area contributed by atoms with E-state index in [9.17, 15) is 9.59 Å². The van der Waals surface area contributed by atoms with Gasteiger partial charge in [-0.3, -0.25) is 9.59 Å². The molecule has 1 saturated heterocycles. The average Bonchev–Trinajstić information content (AvgIpc) is 3.48. The number of hydrogen-bond acceptors (Lipinski definition) is 5.